The van der Waals surface area contributed by atoms with Gasteiger partial charge in [-0.3, -0.25) is 9.69 Å². The Hall–Kier alpha value is -1.83. The Balaban J connectivity index is 2.00. The predicted molar refractivity (Wildman–Crippen MR) is 85.0 cm³/mol. The molecule has 0 aromatic heterocycles. The number of carbonyl (C=O) groups is 1. The van der Waals surface area contributed by atoms with E-state index >= 15 is 0 Å². The van der Waals surface area contributed by atoms with Gasteiger partial charge in [-0.15, -0.1) is 0 Å². The first-order valence-corrected chi connectivity index (χ1v) is 7.55. The zero-order chi connectivity index (χ0) is 15.1. The Morgan fingerprint density at radius 3 is 2.71 bits per heavy atom. The minimum Gasteiger partial charge on any atom is -0.336 e. The van der Waals surface area contributed by atoms with Gasteiger partial charge in [0.05, 0.1) is 6.54 Å². The van der Waals surface area contributed by atoms with E-state index < -0.39 is 0 Å². The average molecular weight is 285 g/mol. The summed E-state index contributed by atoms with van der Waals surface area (Å²) in [5, 5.41) is 0. The van der Waals surface area contributed by atoms with Crippen LogP contribution in [-0.4, -0.2) is 55.0 Å². The molecule has 0 bridgehead atoms. The van der Waals surface area contributed by atoms with Crippen LogP contribution in [0.15, 0.2) is 24.3 Å². The topological polar surface area (TPSA) is 49.6 Å². The van der Waals surface area contributed by atoms with Crippen molar-refractivity contribution in [3.63, 3.8) is 0 Å². The Morgan fingerprint density at radius 1 is 1.29 bits per heavy atom. The fraction of sp³-hybridized carbons (Fsp3) is 0.471. The zero-order valence-corrected chi connectivity index (χ0v) is 12.6. The van der Waals surface area contributed by atoms with Gasteiger partial charge in [0.2, 0.25) is 0 Å². The number of nitrogens with two attached hydrogens (primary N) is 1. The summed E-state index contributed by atoms with van der Waals surface area (Å²) in [4.78, 5) is 16.9. The van der Waals surface area contributed by atoms with E-state index in [2.05, 4.69) is 23.7 Å². The highest BCUT2D eigenvalue weighted by atomic mass is 16.2. The summed E-state index contributed by atoms with van der Waals surface area (Å²) in [5.74, 6) is 5.89. The van der Waals surface area contributed by atoms with E-state index in [1.165, 1.54) is 0 Å². The van der Waals surface area contributed by atoms with Crippen LogP contribution < -0.4 is 5.73 Å². The third-order valence-electron chi connectivity index (χ3n) is 3.64. The lowest BCUT2D eigenvalue weighted by molar-refractivity contribution is 0.0637. The van der Waals surface area contributed by atoms with Crippen LogP contribution in [0.5, 0.6) is 0 Å². The molecule has 2 rings (SSSR count). The van der Waals surface area contributed by atoms with E-state index in [1.54, 1.807) is 0 Å². The maximum atomic E-state index is 12.5. The summed E-state index contributed by atoms with van der Waals surface area (Å²) in [6, 6.07) is 7.48. The van der Waals surface area contributed by atoms with E-state index in [0.29, 0.717) is 12.1 Å². The van der Waals surface area contributed by atoms with Crippen molar-refractivity contribution in [1.82, 2.24) is 9.80 Å². The van der Waals surface area contributed by atoms with Crippen LogP contribution in [0.2, 0.25) is 0 Å². The second-order valence-electron chi connectivity index (χ2n) is 5.22. The van der Waals surface area contributed by atoms with Crippen LogP contribution in [0.25, 0.3) is 0 Å². The summed E-state index contributed by atoms with van der Waals surface area (Å²) in [7, 11) is 0. The Bertz CT molecular complexity index is 536. The van der Waals surface area contributed by atoms with Crippen molar-refractivity contribution in [2.45, 2.75) is 13.3 Å². The third kappa shape index (κ3) is 4.32. The maximum Gasteiger partial charge on any atom is 0.253 e. The summed E-state index contributed by atoms with van der Waals surface area (Å²) in [5.41, 5.74) is 6.93. The van der Waals surface area contributed by atoms with Crippen LogP contribution in [0.1, 0.15) is 29.3 Å². The van der Waals surface area contributed by atoms with Crippen LogP contribution in [0.4, 0.5) is 0 Å². The van der Waals surface area contributed by atoms with Gasteiger partial charge < -0.3 is 10.6 Å². The van der Waals surface area contributed by atoms with Crippen LogP contribution in [0, 0.1) is 11.8 Å². The molecule has 4 heteroatoms. The summed E-state index contributed by atoms with van der Waals surface area (Å²) < 4.78 is 0. The van der Waals surface area contributed by atoms with Gasteiger partial charge in [-0.25, -0.2) is 0 Å². The molecule has 1 aliphatic rings. The first-order valence-electron chi connectivity index (χ1n) is 7.55. The molecule has 1 heterocycles. The molecule has 1 aliphatic heterocycles. The number of carbonyl (C=O) groups excluding carboxylic acids is 1. The molecule has 2 N–H and O–H groups in total. The van der Waals surface area contributed by atoms with Crippen molar-refractivity contribution < 1.29 is 4.79 Å². The molecular weight excluding hydrogens is 262 g/mol. The van der Waals surface area contributed by atoms with Gasteiger partial charge in [0.1, 0.15) is 0 Å². The van der Waals surface area contributed by atoms with Gasteiger partial charge in [-0.1, -0.05) is 24.8 Å². The second-order valence-corrected chi connectivity index (χ2v) is 5.22. The first-order chi connectivity index (χ1) is 10.2. The van der Waals surface area contributed by atoms with Crippen molar-refractivity contribution in [1.29, 1.82) is 0 Å². The molecule has 0 atom stereocenters. The molecule has 0 aliphatic carbocycles. The lowest BCUT2D eigenvalue weighted by Gasteiger charge is -2.34. The normalized spacial score (nSPS) is 15.4. The number of hydrogen-bond acceptors (Lipinski definition) is 3. The molecule has 1 saturated heterocycles. The molecule has 1 aromatic rings. The highest BCUT2D eigenvalue weighted by Gasteiger charge is 2.21. The van der Waals surface area contributed by atoms with Gasteiger partial charge in [0.15, 0.2) is 0 Å². The first kappa shape index (κ1) is 15.6. The van der Waals surface area contributed by atoms with E-state index in [0.717, 1.165) is 44.7 Å². The number of piperazine rings is 1. The molecule has 0 radical (unpaired) electrons. The smallest absolute Gasteiger partial charge is 0.253 e. The molecule has 1 aromatic carbocycles. The van der Waals surface area contributed by atoms with E-state index in [1.807, 2.05) is 29.2 Å². The molecule has 21 heavy (non-hydrogen) atoms. The lowest BCUT2D eigenvalue weighted by atomic mass is 10.1. The number of rotatable bonds is 3. The van der Waals surface area contributed by atoms with Crippen molar-refractivity contribution in [3.8, 4) is 11.8 Å². The van der Waals surface area contributed by atoms with E-state index in [4.69, 9.17) is 5.73 Å². The maximum absolute atomic E-state index is 12.5. The number of benzene rings is 1. The average Bonchev–Trinajstić information content (AvgIpc) is 2.53. The number of amides is 1. The van der Waals surface area contributed by atoms with Crippen molar-refractivity contribution >= 4 is 5.91 Å². The van der Waals surface area contributed by atoms with Crippen LogP contribution in [-0.2, 0) is 0 Å². The van der Waals surface area contributed by atoms with Crippen molar-refractivity contribution in [2.24, 2.45) is 5.73 Å². The Labute approximate surface area is 126 Å². The summed E-state index contributed by atoms with van der Waals surface area (Å²) >= 11 is 0. The minimum atomic E-state index is 0.0996. The molecule has 4 nitrogen and oxygen atoms in total. The van der Waals surface area contributed by atoms with E-state index in [-0.39, 0.29) is 5.91 Å². The van der Waals surface area contributed by atoms with Gasteiger partial charge in [-0.05, 0) is 31.2 Å². The minimum absolute atomic E-state index is 0.0996. The molecule has 112 valence electrons. The van der Waals surface area contributed by atoms with Crippen LogP contribution >= 0.6 is 0 Å². The highest BCUT2D eigenvalue weighted by Crippen LogP contribution is 2.11. The highest BCUT2D eigenvalue weighted by molar-refractivity contribution is 5.94. The van der Waals surface area contributed by atoms with Gasteiger partial charge in [0, 0.05) is 37.3 Å². The molecule has 0 unspecified atom stereocenters. The molecule has 1 amide bonds. The van der Waals surface area contributed by atoms with Gasteiger partial charge >= 0.3 is 0 Å². The molecule has 0 spiro atoms. The standard InChI is InChI=1S/C17H23N3O/c1-2-9-19-10-12-20(13-11-19)17(21)16-7-3-5-15(14-16)6-4-8-18/h3,5,7,14H,2,8-13,18H2,1H3. The molecular formula is C17H23N3O. The van der Waals surface area contributed by atoms with Crippen LogP contribution in [0.3, 0.4) is 0 Å². The Morgan fingerprint density at radius 2 is 2.05 bits per heavy atom. The Kier molecular flexibility index (Phi) is 5.79. The molecule has 1 fully saturated rings. The predicted octanol–water partition coefficient (Wildman–Crippen LogP) is 1.16. The SMILES string of the molecule is CCCN1CCN(C(=O)c2cccc(C#CCN)c2)CC1. The number of nitrogens with zero attached hydrogens (tertiary/aromatic N) is 2. The quantitative estimate of drug-likeness (QED) is 0.848. The number of hydrogen-bond donors (Lipinski definition) is 1. The largest absolute Gasteiger partial charge is 0.336 e. The lowest BCUT2D eigenvalue weighted by Crippen LogP contribution is -2.48. The van der Waals surface area contributed by atoms with Crippen molar-refractivity contribution in [2.75, 3.05) is 39.3 Å². The van der Waals surface area contributed by atoms with Gasteiger partial charge in [-0.2, -0.15) is 0 Å². The summed E-state index contributed by atoms with van der Waals surface area (Å²) in [6.07, 6.45) is 1.16. The summed E-state index contributed by atoms with van der Waals surface area (Å²) in [6.45, 7) is 7.17. The zero-order valence-electron chi connectivity index (χ0n) is 12.6. The third-order valence-corrected chi connectivity index (χ3v) is 3.64. The molecule has 0 saturated carbocycles. The fourth-order valence-corrected chi connectivity index (χ4v) is 2.56. The second kappa shape index (κ2) is 7.82. The van der Waals surface area contributed by atoms with Gasteiger partial charge in [0.25, 0.3) is 5.91 Å². The van der Waals surface area contributed by atoms with E-state index in [9.17, 15) is 4.79 Å². The fourth-order valence-electron chi connectivity index (χ4n) is 2.56. The van der Waals surface area contributed by atoms with Crippen molar-refractivity contribution in [3.05, 3.63) is 35.4 Å². The monoisotopic (exact) mass is 285 g/mol.